The Hall–Kier alpha value is -1.01. The highest BCUT2D eigenvalue weighted by Gasteiger charge is 2.29. The normalized spacial score (nSPS) is 27.8. The van der Waals surface area contributed by atoms with Gasteiger partial charge in [0.05, 0.1) is 5.56 Å². The average molecular weight is 293 g/mol. The molecule has 17 heavy (non-hydrogen) atoms. The van der Waals surface area contributed by atoms with Crippen molar-refractivity contribution in [2.75, 3.05) is 5.32 Å². The Morgan fingerprint density at radius 3 is 2.65 bits per heavy atom. The predicted octanol–water partition coefficient (Wildman–Crippen LogP) is 4.17. The molecule has 1 saturated carbocycles. The first-order valence-electron chi connectivity index (χ1n) is 6.08. The van der Waals surface area contributed by atoms with Gasteiger partial charge in [0, 0.05) is 16.2 Å². The topological polar surface area (TPSA) is 35.8 Å². The van der Waals surface area contributed by atoms with Crippen LogP contribution in [0.2, 0.25) is 0 Å². The second-order valence-corrected chi connectivity index (χ2v) is 5.83. The summed E-state index contributed by atoms with van der Waals surface area (Å²) >= 11 is 3.42. The number of anilines is 1. The van der Waals surface area contributed by atoms with E-state index in [1.807, 2.05) is 18.2 Å². The molecule has 0 amide bonds. The van der Waals surface area contributed by atoms with Crippen LogP contribution in [0.5, 0.6) is 0 Å². The molecule has 0 saturated heterocycles. The molecule has 3 heteroatoms. The summed E-state index contributed by atoms with van der Waals surface area (Å²) in [5.41, 5.74) is 1.78. The van der Waals surface area contributed by atoms with Crippen molar-refractivity contribution in [1.82, 2.24) is 0 Å². The molecule has 0 radical (unpaired) electrons. The first kappa shape index (κ1) is 12.4. The molecule has 2 nitrogen and oxygen atoms in total. The zero-order chi connectivity index (χ0) is 12.4. The molecule has 1 fully saturated rings. The molecule has 2 rings (SSSR count). The zero-order valence-electron chi connectivity index (χ0n) is 10.2. The third kappa shape index (κ3) is 2.63. The van der Waals surface area contributed by atoms with Gasteiger partial charge in [-0.1, -0.05) is 13.8 Å². The number of nitrogens with zero attached hydrogens (tertiary/aromatic N) is 1. The molecule has 3 unspecified atom stereocenters. The smallest absolute Gasteiger partial charge is 0.100 e. The summed E-state index contributed by atoms with van der Waals surface area (Å²) in [4.78, 5) is 0. The van der Waals surface area contributed by atoms with Crippen LogP contribution in [0.25, 0.3) is 0 Å². The lowest BCUT2D eigenvalue weighted by molar-refractivity contribution is 0.435. The van der Waals surface area contributed by atoms with Crippen molar-refractivity contribution in [3.05, 3.63) is 28.2 Å². The lowest BCUT2D eigenvalue weighted by atomic mass is 9.97. The second-order valence-electron chi connectivity index (χ2n) is 4.97. The van der Waals surface area contributed by atoms with Crippen molar-refractivity contribution in [2.45, 2.75) is 32.7 Å². The van der Waals surface area contributed by atoms with Gasteiger partial charge in [0.25, 0.3) is 0 Å². The van der Waals surface area contributed by atoms with Gasteiger partial charge in [-0.15, -0.1) is 0 Å². The molecular weight excluding hydrogens is 276 g/mol. The van der Waals surface area contributed by atoms with E-state index in [2.05, 4.69) is 41.2 Å². The summed E-state index contributed by atoms with van der Waals surface area (Å²) in [6.07, 6.45) is 2.54. The fourth-order valence-electron chi connectivity index (χ4n) is 2.48. The average Bonchev–Trinajstić information content (AvgIpc) is 2.61. The van der Waals surface area contributed by atoms with E-state index in [1.54, 1.807) is 0 Å². The second kappa shape index (κ2) is 5.10. The fourth-order valence-corrected chi connectivity index (χ4v) is 2.95. The van der Waals surface area contributed by atoms with Crippen LogP contribution in [0.15, 0.2) is 22.7 Å². The van der Waals surface area contributed by atoms with Crippen LogP contribution in [-0.2, 0) is 0 Å². The van der Waals surface area contributed by atoms with Gasteiger partial charge >= 0.3 is 0 Å². The molecule has 0 aliphatic heterocycles. The minimum absolute atomic E-state index is 0.560. The van der Waals surface area contributed by atoms with E-state index < -0.39 is 0 Å². The molecule has 1 aromatic carbocycles. The lowest BCUT2D eigenvalue weighted by Crippen LogP contribution is -2.23. The number of nitriles is 1. The highest BCUT2D eigenvalue weighted by Crippen LogP contribution is 2.33. The molecule has 1 aromatic rings. The van der Waals surface area contributed by atoms with Crippen LogP contribution in [0, 0.1) is 23.2 Å². The molecule has 0 aromatic heterocycles. The minimum Gasteiger partial charge on any atom is -0.382 e. The Labute approximate surface area is 111 Å². The van der Waals surface area contributed by atoms with Crippen LogP contribution < -0.4 is 5.32 Å². The number of halogens is 1. The maximum absolute atomic E-state index is 8.87. The SMILES string of the molecule is CC1CCC(Nc2ccc(C#N)c(Br)c2)C1C. The Morgan fingerprint density at radius 2 is 2.12 bits per heavy atom. The summed E-state index contributed by atoms with van der Waals surface area (Å²) in [6, 6.07) is 8.55. The summed E-state index contributed by atoms with van der Waals surface area (Å²) in [5, 5.41) is 12.4. The monoisotopic (exact) mass is 292 g/mol. The number of rotatable bonds is 2. The van der Waals surface area contributed by atoms with E-state index in [0.717, 1.165) is 16.1 Å². The highest BCUT2D eigenvalue weighted by molar-refractivity contribution is 9.10. The number of nitrogens with one attached hydrogen (secondary N) is 1. The van der Waals surface area contributed by atoms with Crippen LogP contribution in [0.4, 0.5) is 5.69 Å². The number of hydrogen-bond donors (Lipinski definition) is 1. The van der Waals surface area contributed by atoms with Gasteiger partial charge in [0.1, 0.15) is 6.07 Å². The predicted molar refractivity (Wildman–Crippen MR) is 73.8 cm³/mol. The van der Waals surface area contributed by atoms with E-state index in [4.69, 9.17) is 5.26 Å². The van der Waals surface area contributed by atoms with Crippen molar-refractivity contribution < 1.29 is 0 Å². The molecule has 3 atom stereocenters. The summed E-state index contributed by atoms with van der Waals surface area (Å²) in [5.74, 6) is 1.51. The number of benzene rings is 1. The van der Waals surface area contributed by atoms with E-state index >= 15 is 0 Å². The molecule has 1 N–H and O–H groups in total. The first-order valence-corrected chi connectivity index (χ1v) is 6.87. The van der Waals surface area contributed by atoms with Crippen molar-refractivity contribution in [1.29, 1.82) is 5.26 Å². The molecule has 0 bridgehead atoms. The van der Waals surface area contributed by atoms with Crippen molar-refractivity contribution in [3.63, 3.8) is 0 Å². The van der Waals surface area contributed by atoms with Crippen LogP contribution in [0.1, 0.15) is 32.3 Å². The number of hydrogen-bond acceptors (Lipinski definition) is 2. The Balaban J connectivity index is 2.10. The van der Waals surface area contributed by atoms with Gasteiger partial charge in [-0.25, -0.2) is 0 Å². The Morgan fingerprint density at radius 1 is 1.35 bits per heavy atom. The quantitative estimate of drug-likeness (QED) is 0.888. The standard InChI is InChI=1S/C14H17BrN2/c1-9-3-6-14(10(9)2)17-12-5-4-11(8-16)13(15)7-12/h4-5,7,9-10,14,17H,3,6H2,1-2H3. The molecule has 0 spiro atoms. The third-order valence-corrected chi connectivity index (χ3v) is 4.56. The van der Waals surface area contributed by atoms with Gasteiger partial charge in [-0.05, 0) is 58.8 Å². The van der Waals surface area contributed by atoms with Crippen LogP contribution >= 0.6 is 15.9 Å². The van der Waals surface area contributed by atoms with E-state index in [-0.39, 0.29) is 0 Å². The maximum Gasteiger partial charge on any atom is 0.100 e. The van der Waals surface area contributed by atoms with Crippen LogP contribution in [-0.4, -0.2) is 6.04 Å². The molecular formula is C14H17BrN2. The van der Waals surface area contributed by atoms with Gasteiger partial charge in [0.2, 0.25) is 0 Å². The van der Waals surface area contributed by atoms with E-state index in [0.29, 0.717) is 17.5 Å². The summed E-state index contributed by atoms with van der Waals surface area (Å²) in [6.45, 7) is 4.63. The Bertz CT molecular complexity index is 450. The van der Waals surface area contributed by atoms with Gasteiger partial charge in [0.15, 0.2) is 0 Å². The molecule has 90 valence electrons. The maximum atomic E-state index is 8.87. The fraction of sp³-hybridized carbons (Fsp3) is 0.500. The summed E-state index contributed by atoms with van der Waals surface area (Å²) in [7, 11) is 0. The van der Waals surface area contributed by atoms with Gasteiger partial charge in [-0.3, -0.25) is 0 Å². The van der Waals surface area contributed by atoms with Crippen LogP contribution in [0.3, 0.4) is 0 Å². The van der Waals surface area contributed by atoms with Crippen molar-refractivity contribution >= 4 is 21.6 Å². The van der Waals surface area contributed by atoms with Crippen molar-refractivity contribution in [2.24, 2.45) is 11.8 Å². The van der Waals surface area contributed by atoms with Gasteiger partial charge in [-0.2, -0.15) is 5.26 Å². The van der Waals surface area contributed by atoms with E-state index in [9.17, 15) is 0 Å². The molecule has 0 heterocycles. The first-order chi connectivity index (χ1) is 8.11. The van der Waals surface area contributed by atoms with Gasteiger partial charge < -0.3 is 5.32 Å². The molecule has 1 aliphatic carbocycles. The lowest BCUT2D eigenvalue weighted by Gasteiger charge is -2.21. The van der Waals surface area contributed by atoms with Crippen molar-refractivity contribution in [3.8, 4) is 6.07 Å². The minimum atomic E-state index is 0.560. The third-order valence-electron chi connectivity index (χ3n) is 3.91. The zero-order valence-corrected chi connectivity index (χ0v) is 11.8. The summed E-state index contributed by atoms with van der Waals surface area (Å²) < 4.78 is 0.865. The Kier molecular flexibility index (Phi) is 3.73. The largest absolute Gasteiger partial charge is 0.382 e. The van der Waals surface area contributed by atoms with E-state index in [1.165, 1.54) is 12.8 Å². The highest BCUT2D eigenvalue weighted by atomic mass is 79.9. The molecule has 1 aliphatic rings.